The fourth-order valence-corrected chi connectivity index (χ4v) is 1.82. The molecule has 1 rings (SSSR count). The molecular formula is C14H23NO. The van der Waals surface area contributed by atoms with Crippen molar-refractivity contribution in [1.29, 1.82) is 0 Å². The van der Waals surface area contributed by atoms with E-state index in [1.807, 2.05) is 0 Å². The van der Waals surface area contributed by atoms with E-state index >= 15 is 0 Å². The Morgan fingerprint density at radius 3 is 2.62 bits per heavy atom. The van der Waals surface area contributed by atoms with Gasteiger partial charge >= 0.3 is 0 Å². The van der Waals surface area contributed by atoms with E-state index in [0.29, 0.717) is 6.04 Å². The van der Waals surface area contributed by atoms with E-state index in [1.54, 1.807) is 7.11 Å². The van der Waals surface area contributed by atoms with Gasteiger partial charge in [0.2, 0.25) is 0 Å². The molecule has 2 nitrogen and oxygen atoms in total. The molecule has 1 aromatic carbocycles. The van der Waals surface area contributed by atoms with Gasteiger partial charge in [-0.25, -0.2) is 0 Å². The highest BCUT2D eigenvalue weighted by Gasteiger charge is 2.09. The highest BCUT2D eigenvalue weighted by Crippen LogP contribution is 2.18. The second kappa shape index (κ2) is 8.31. The predicted molar refractivity (Wildman–Crippen MR) is 68.6 cm³/mol. The second-order valence-electron chi connectivity index (χ2n) is 4.05. The first kappa shape index (κ1) is 13.2. The predicted octanol–water partition coefficient (Wildman–Crippen LogP) is 3.15. The molecule has 16 heavy (non-hydrogen) atoms. The largest absolute Gasteiger partial charge is 0.385 e. The van der Waals surface area contributed by atoms with E-state index in [2.05, 4.69) is 42.6 Å². The molecule has 0 aromatic heterocycles. The summed E-state index contributed by atoms with van der Waals surface area (Å²) in [5.74, 6) is 0. The summed E-state index contributed by atoms with van der Waals surface area (Å²) < 4.78 is 5.10. The van der Waals surface area contributed by atoms with Crippen LogP contribution < -0.4 is 5.32 Å². The standard InChI is InChI=1S/C14H23NO/c1-3-11-15-14(10-7-12-16-2)13-8-5-4-6-9-13/h4-6,8-9,14-15H,3,7,10-12H2,1-2H3. The van der Waals surface area contributed by atoms with E-state index in [0.717, 1.165) is 26.0 Å². The molecule has 0 saturated heterocycles. The lowest BCUT2D eigenvalue weighted by molar-refractivity contribution is 0.188. The molecule has 0 bridgehead atoms. The van der Waals surface area contributed by atoms with Gasteiger partial charge in [-0.15, -0.1) is 0 Å². The van der Waals surface area contributed by atoms with Crippen LogP contribution in [0.5, 0.6) is 0 Å². The van der Waals surface area contributed by atoms with Crippen molar-refractivity contribution in [2.45, 2.75) is 32.2 Å². The quantitative estimate of drug-likeness (QED) is 0.681. The first-order chi connectivity index (χ1) is 7.88. The van der Waals surface area contributed by atoms with Gasteiger partial charge < -0.3 is 10.1 Å². The van der Waals surface area contributed by atoms with Gasteiger partial charge in [-0.3, -0.25) is 0 Å². The molecule has 1 N–H and O–H groups in total. The Hall–Kier alpha value is -0.860. The molecule has 90 valence electrons. The van der Waals surface area contributed by atoms with Crippen LogP contribution in [0, 0.1) is 0 Å². The zero-order chi connectivity index (χ0) is 11.6. The molecule has 0 aliphatic carbocycles. The normalized spacial score (nSPS) is 12.6. The van der Waals surface area contributed by atoms with Gasteiger partial charge in [0, 0.05) is 19.8 Å². The van der Waals surface area contributed by atoms with Gasteiger partial charge in [0.25, 0.3) is 0 Å². The summed E-state index contributed by atoms with van der Waals surface area (Å²) in [6, 6.07) is 11.1. The summed E-state index contributed by atoms with van der Waals surface area (Å²) >= 11 is 0. The summed E-state index contributed by atoms with van der Waals surface area (Å²) in [5, 5.41) is 3.59. The highest BCUT2D eigenvalue weighted by molar-refractivity contribution is 5.18. The molecule has 0 amide bonds. The van der Waals surface area contributed by atoms with Crippen molar-refractivity contribution in [1.82, 2.24) is 5.32 Å². The summed E-state index contributed by atoms with van der Waals surface area (Å²) in [6.45, 7) is 4.12. The maximum absolute atomic E-state index is 5.10. The molecule has 0 spiro atoms. The Kier molecular flexibility index (Phi) is 6.86. The van der Waals surface area contributed by atoms with E-state index < -0.39 is 0 Å². The van der Waals surface area contributed by atoms with Gasteiger partial charge in [-0.2, -0.15) is 0 Å². The first-order valence-corrected chi connectivity index (χ1v) is 6.15. The van der Waals surface area contributed by atoms with Crippen molar-refractivity contribution in [2.24, 2.45) is 0 Å². The Labute approximate surface area is 99.0 Å². The van der Waals surface area contributed by atoms with Crippen LogP contribution in [0.3, 0.4) is 0 Å². The van der Waals surface area contributed by atoms with Gasteiger partial charge in [0.15, 0.2) is 0 Å². The van der Waals surface area contributed by atoms with E-state index in [1.165, 1.54) is 12.0 Å². The van der Waals surface area contributed by atoms with Crippen LogP contribution >= 0.6 is 0 Å². The van der Waals surface area contributed by atoms with E-state index in [-0.39, 0.29) is 0 Å². The average molecular weight is 221 g/mol. The summed E-state index contributed by atoms with van der Waals surface area (Å²) in [4.78, 5) is 0. The third-order valence-electron chi connectivity index (χ3n) is 2.68. The van der Waals surface area contributed by atoms with Gasteiger partial charge in [0.1, 0.15) is 0 Å². The minimum atomic E-state index is 0.469. The van der Waals surface area contributed by atoms with Gasteiger partial charge in [0.05, 0.1) is 0 Å². The van der Waals surface area contributed by atoms with Gasteiger partial charge in [-0.05, 0) is 31.4 Å². The molecule has 2 heteroatoms. The molecule has 0 saturated carbocycles. The van der Waals surface area contributed by atoms with Crippen LogP contribution in [0.1, 0.15) is 37.8 Å². The van der Waals surface area contributed by atoms with Crippen molar-refractivity contribution in [3.8, 4) is 0 Å². The van der Waals surface area contributed by atoms with Crippen LogP contribution in [-0.4, -0.2) is 20.3 Å². The zero-order valence-corrected chi connectivity index (χ0v) is 10.4. The lowest BCUT2D eigenvalue weighted by atomic mass is 10.0. The lowest BCUT2D eigenvalue weighted by Crippen LogP contribution is -2.22. The number of rotatable bonds is 8. The molecule has 1 atom stereocenters. The third kappa shape index (κ3) is 4.77. The molecule has 0 heterocycles. The Bertz CT molecular complexity index is 261. The monoisotopic (exact) mass is 221 g/mol. The van der Waals surface area contributed by atoms with Crippen molar-refractivity contribution in [3.63, 3.8) is 0 Å². The second-order valence-corrected chi connectivity index (χ2v) is 4.05. The van der Waals surface area contributed by atoms with Crippen LogP contribution in [0.2, 0.25) is 0 Å². The maximum Gasteiger partial charge on any atom is 0.0462 e. The summed E-state index contributed by atoms with van der Waals surface area (Å²) in [5.41, 5.74) is 1.38. The Balaban J connectivity index is 2.49. The summed E-state index contributed by atoms with van der Waals surface area (Å²) in [7, 11) is 1.76. The Morgan fingerprint density at radius 1 is 1.25 bits per heavy atom. The number of hydrogen-bond acceptors (Lipinski definition) is 2. The van der Waals surface area contributed by atoms with Crippen molar-refractivity contribution in [2.75, 3.05) is 20.3 Å². The molecule has 1 unspecified atom stereocenters. The van der Waals surface area contributed by atoms with Crippen LogP contribution in [-0.2, 0) is 4.74 Å². The van der Waals surface area contributed by atoms with E-state index in [9.17, 15) is 0 Å². The third-order valence-corrected chi connectivity index (χ3v) is 2.68. The Morgan fingerprint density at radius 2 is 2.00 bits per heavy atom. The lowest BCUT2D eigenvalue weighted by Gasteiger charge is -2.18. The van der Waals surface area contributed by atoms with Gasteiger partial charge in [-0.1, -0.05) is 37.3 Å². The van der Waals surface area contributed by atoms with E-state index in [4.69, 9.17) is 4.74 Å². The SMILES string of the molecule is CCCNC(CCCOC)c1ccccc1. The topological polar surface area (TPSA) is 21.3 Å². The number of hydrogen-bond donors (Lipinski definition) is 1. The number of ether oxygens (including phenoxy) is 1. The average Bonchev–Trinajstić information content (AvgIpc) is 2.35. The minimum absolute atomic E-state index is 0.469. The number of benzene rings is 1. The van der Waals surface area contributed by atoms with Crippen LogP contribution in [0.25, 0.3) is 0 Å². The molecule has 0 aliphatic heterocycles. The smallest absolute Gasteiger partial charge is 0.0462 e. The minimum Gasteiger partial charge on any atom is -0.385 e. The first-order valence-electron chi connectivity index (χ1n) is 6.15. The van der Waals surface area contributed by atoms with Crippen LogP contribution in [0.4, 0.5) is 0 Å². The number of nitrogens with one attached hydrogen (secondary N) is 1. The zero-order valence-electron chi connectivity index (χ0n) is 10.4. The maximum atomic E-state index is 5.10. The molecular weight excluding hydrogens is 198 g/mol. The van der Waals surface area contributed by atoms with Crippen molar-refractivity contribution < 1.29 is 4.74 Å². The van der Waals surface area contributed by atoms with Crippen LogP contribution in [0.15, 0.2) is 30.3 Å². The molecule has 0 radical (unpaired) electrons. The highest BCUT2D eigenvalue weighted by atomic mass is 16.5. The summed E-state index contributed by atoms with van der Waals surface area (Å²) in [6.07, 6.45) is 3.41. The van der Waals surface area contributed by atoms with Crippen molar-refractivity contribution in [3.05, 3.63) is 35.9 Å². The molecule has 1 aromatic rings. The molecule has 0 fully saturated rings. The number of methoxy groups -OCH3 is 1. The molecule has 0 aliphatic rings. The van der Waals surface area contributed by atoms with Crippen molar-refractivity contribution >= 4 is 0 Å². The fourth-order valence-electron chi connectivity index (χ4n) is 1.82. The fraction of sp³-hybridized carbons (Fsp3) is 0.571.